The summed E-state index contributed by atoms with van der Waals surface area (Å²) in [6, 6.07) is 8.71. The van der Waals surface area contributed by atoms with Crippen LogP contribution < -0.4 is 10.5 Å². The second-order valence-corrected chi connectivity index (χ2v) is 4.34. The van der Waals surface area contributed by atoms with Crippen molar-refractivity contribution >= 4 is 33.2 Å². The highest BCUT2D eigenvalue weighted by Crippen LogP contribution is 2.32. The second kappa shape index (κ2) is 4.72. The quantitative estimate of drug-likeness (QED) is 0.856. The lowest BCUT2D eigenvalue weighted by molar-refractivity contribution is 0.460. The number of rotatable bonds is 2. The molecule has 5 heteroatoms. The van der Waals surface area contributed by atoms with Crippen molar-refractivity contribution in [3.05, 3.63) is 46.0 Å². The van der Waals surface area contributed by atoms with E-state index in [4.69, 9.17) is 22.1 Å². The van der Waals surface area contributed by atoms with Crippen LogP contribution in [0.2, 0.25) is 5.02 Å². The van der Waals surface area contributed by atoms with Crippen LogP contribution in [0.25, 0.3) is 0 Å². The zero-order valence-corrected chi connectivity index (χ0v) is 10.5. The number of hydrogen-bond donors (Lipinski definition) is 1. The summed E-state index contributed by atoms with van der Waals surface area (Å²) in [6.45, 7) is 0. The van der Waals surface area contributed by atoms with E-state index in [1.807, 2.05) is 12.1 Å². The Labute approximate surface area is 106 Å². The van der Waals surface area contributed by atoms with Gasteiger partial charge in [-0.15, -0.1) is 0 Å². The predicted octanol–water partition coefficient (Wildman–Crippen LogP) is 3.87. The fourth-order valence-electron chi connectivity index (χ4n) is 1.15. The van der Waals surface area contributed by atoms with E-state index in [1.54, 1.807) is 24.4 Å². The molecule has 0 bridgehead atoms. The van der Waals surface area contributed by atoms with E-state index in [0.29, 0.717) is 22.3 Å². The van der Waals surface area contributed by atoms with Gasteiger partial charge in [0.05, 0.1) is 9.50 Å². The van der Waals surface area contributed by atoms with Crippen molar-refractivity contribution in [3.8, 4) is 11.6 Å². The first-order valence-electron chi connectivity index (χ1n) is 4.50. The van der Waals surface area contributed by atoms with Gasteiger partial charge >= 0.3 is 0 Å². The Hall–Kier alpha value is -1.26. The van der Waals surface area contributed by atoms with Gasteiger partial charge in [-0.1, -0.05) is 11.6 Å². The van der Waals surface area contributed by atoms with E-state index >= 15 is 0 Å². The number of benzene rings is 1. The van der Waals surface area contributed by atoms with Crippen LogP contribution in [0.1, 0.15) is 0 Å². The minimum atomic E-state index is 0.456. The van der Waals surface area contributed by atoms with Gasteiger partial charge in [-0.2, -0.15) is 0 Å². The zero-order chi connectivity index (χ0) is 11.5. The zero-order valence-electron chi connectivity index (χ0n) is 8.15. The predicted molar refractivity (Wildman–Crippen MR) is 67.9 cm³/mol. The molecule has 1 heterocycles. The monoisotopic (exact) mass is 298 g/mol. The molecular weight excluding hydrogens is 291 g/mol. The van der Waals surface area contributed by atoms with Gasteiger partial charge in [0.1, 0.15) is 5.75 Å². The average Bonchev–Trinajstić information content (AvgIpc) is 2.25. The highest BCUT2D eigenvalue weighted by atomic mass is 79.9. The number of nitrogen functional groups attached to an aromatic ring is 1. The number of nitrogens with zero attached hydrogens (tertiary/aromatic N) is 1. The topological polar surface area (TPSA) is 48.1 Å². The molecule has 16 heavy (non-hydrogen) atoms. The van der Waals surface area contributed by atoms with Gasteiger partial charge in [-0.25, -0.2) is 4.98 Å². The molecule has 0 aliphatic heterocycles. The summed E-state index contributed by atoms with van der Waals surface area (Å²) in [5.41, 5.74) is 6.18. The summed E-state index contributed by atoms with van der Waals surface area (Å²) in [6.07, 6.45) is 1.64. The maximum absolute atomic E-state index is 5.98. The minimum Gasteiger partial charge on any atom is -0.436 e. The Balaban J connectivity index is 2.31. The van der Waals surface area contributed by atoms with Gasteiger partial charge < -0.3 is 10.5 Å². The Morgan fingerprint density at radius 1 is 1.31 bits per heavy atom. The molecule has 0 aliphatic carbocycles. The molecule has 3 nitrogen and oxygen atoms in total. The molecule has 0 spiro atoms. The first-order valence-corrected chi connectivity index (χ1v) is 5.67. The van der Waals surface area contributed by atoms with E-state index in [9.17, 15) is 0 Å². The lowest BCUT2D eigenvalue weighted by Gasteiger charge is -2.08. The molecule has 0 radical (unpaired) electrons. The lowest BCUT2D eigenvalue weighted by Crippen LogP contribution is -1.91. The summed E-state index contributed by atoms with van der Waals surface area (Å²) in [7, 11) is 0. The van der Waals surface area contributed by atoms with E-state index in [1.165, 1.54) is 0 Å². The van der Waals surface area contributed by atoms with Gasteiger partial charge in [-0.05, 0) is 46.3 Å². The highest BCUT2D eigenvalue weighted by Gasteiger charge is 2.06. The van der Waals surface area contributed by atoms with E-state index in [0.717, 1.165) is 4.47 Å². The van der Waals surface area contributed by atoms with Gasteiger partial charge in [0.2, 0.25) is 5.88 Å². The summed E-state index contributed by atoms with van der Waals surface area (Å²) in [5.74, 6) is 0.990. The molecule has 0 amide bonds. The van der Waals surface area contributed by atoms with Crippen molar-refractivity contribution in [1.29, 1.82) is 0 Å². The van der Waals surface area contributed by atoms with Crippen molar-refractivity contribution in [2.75, 3.05) is 5.73 Å². The molecule has 0 saturated heterocycles. The fraction of sp³-hybridized carbons (Fsp3) is 0. The van der Waals surface area contributed by atoms with Crippen molar-refractivity contribution < 1.29 is 4.74 Å². The van der Waals surface area contributed by atoms with Crippen LogP contribution in [-0.2, 0) is 0 Å². The van der Waals surface area contributed by atoms with Gasteiger partial charge in [-0.3, -0.25) is 0 Å². The summed E-state index contributed by atoms with van der Waals surface area (Å²) in [4.78, 5) is 4.08. The molecule has 1 aromatic carbocycles. The number of aromatic nitrogens is 1. The first kappa shape index (κ1) is 11.2. The number of halogens is 2. The average molecular weight is 300 g/mol. The molecule has 0 atom stereocenters. The molecule has 0 fully saturated rings. The van der Waals surface area contributed by atoms with Crippen molar-refractivity contribution in [2.45, 2.75) is 0 Å². The molecule has 0 aliphatic rings. The minimum absolute atomic E-state index is 0.456. The molecule has 2 aromatic rings. The summed E-state index contributed by atoms with van der Waals surface area (Å²) >= 11 is 9.32. The van der Waals surface area contributed by atoms with Gasteiger partial charge in [0.15, 0.2) is 0 Å². The van der Waals surface area contributed by atoms with Crippen LogP contribution in [0.5, 0.6) is 11.6 Å². The number of anilines is 1. The molecule has 1 aromatic heterocycles. The molecule has 82 valence electrons. The highest BCUT2D eigenvalue weighted by molar-refractivity contribution is 9.10. The Morgan fingerprint density at radius 2 is 2.12 bits per heavy atom. The van der Waals surface area contributed by atoms with Crippen LogP contribution in [0.3, 0.4) is 0 Å². The standard InChI is InChI=1S/C11H8BrClN2O/c12-8-2-1-5-15-11(8)16-10-4-3-7(14)6-9(10)13/h1-6H,14H2. The third-order valence-corrected chi connectivity index (χ3v) is 2.79. The molecular formula is C11H8BrClN2O. The van der Waals surface area contributed by atoms with Gasteiger partial charge in [0, 0.05) is 11.9 Å². The molecule has 2 rings (SSSR count). The van der Waals surface area contributed by atoms with E-state index < -0.39 is 0 Å². The van der Waals surface area contributed by atoms with E-state index in [2.05, 4.69) is 20.9 Å². The normalized spacial score (nSPS) is 10.1. The Kier molecular flexibility index (Phi) is 3.31. The first-order chi connectivity index (χ1) is 7.66. The number of ether oxygens (including phenoxy) is 1. The SMILES string of the molecule is Nc1ccc(Oc2ncccc2Br)c(Cl)c1. The largest absolute Gasteiger partial charge is 0.436 e. The molecule has 0 saturated carbocycles. The third-order valence-electron chi connectivity index (χ3n) is 1.89. The summed E-state index contributed by atoms with van der Waals surface area (Å²) < 4.78 is 6.32. The van der Waals surface area contributed by atoms with Crippen molar-refractivity contribution in [3.63, 3.8) is 0 Å². The van der Waals surface area contributed by atoms with Crippen LogP contribution in [0.4, 0.5) is 5.69 Å². The van der Waals surface area contributed by atoms with Crippen molar-refractivity contribution in [1.82, 2.24) is 4.98 Å². The van der Waals surface area contributed by atoms with Gasteiger partial charge in [0.25, 0.3) is 0 Å². The number of hydrogen-bond acceptors (Lipinski definition) is 3. The molecule has 2 N–H and O–H groups in total. The lowest BCUT2D eigenvalue weighted by atomic mass is 10.3. The smallest absolute Gasteiger partial charge is 0.233 e. The van der Waals surface area contributed by atoms with E-state index in [-0.39, 0.29) is 0 Å². The summed E-state index contributed by atoms with van der Waals surface area (Å²) in [5, 5.41) is 0.456. The second-order valence-electron chi connectivity index (χ2n) is 3.08. The maximum Gasteiger partial charge on any atom is 0.233 e. The Bertz CT molecular complexity index is 519. The Morgan fingerprint density at radius 3 is 2.81 bits per heavy atom. The van der Waals surface area contributed by atoms with Crippen molar-refractivity contribution in [2.24, 2.45) is 0 Å². The van der Waals surface area contributed by atoms with Crippen LogP contribution >= 0.6 is 27.5 Å². The van der Waals surface area contributed by atoms with Crippen LogP contribution in [0, 0.1) is 0 Å². The number of nitrogens with two attached hydrogens (primary N) is 1. The third kappa shape index (κ3) is 2.46. The molecule has 0 unspecified atom stereocenters. The van der Waals surface area contributed by atoms with Crippen LogP contribution in [-0.4, -0.2) is 4.98 Å². The number of pyridine rings is 1. The maximum atomic E-state index is 5.98. The fourth-order valence-corrected chi connectivity index (χ4v) is 1.71. The van der Waals surface area contributed by atoms with Crippen LogP contribution in [0.15, 0.2) is 41.0 Å².